The molecule has 1 nitrogen and oxygen atoms in total. The normalized spacial score (nSPS) is 9.67. The minimum absolute atomic E-state index is 0.0746. The maximum absolute atomic E-state index is 11.4. The number of Topliss-reactive ketones (excluding diaryl/α,β-unsaturated/α-hetero) is 1. The summed E-state index contributed by atoms with van der Waals surface area (Å²) in [5.41, 5.74) is 2.92. The quantitative estimate of drug-likeness (QED) is 0.526. The van der Waals surface area contributed by atoms with Gasteiger partial charge in [0, 0.05) is 12.0 Å². The highest BCUT2D eigenvalue weighted by molar-refractivity contribution is 5.97. The van der Waals surface area contributed by atoms with E-state index in [1.165, 1.54) is 17.2 Å². The number of hydrogen-bond acceptors (Lipinski definition) is 1. The highest BCUT2D eigenvalue weighted by Crippen LogP contribution is 2.08. The molecule has 0 saturated carbocycles. The molecule has 78 valence electrons. The Balaban J connectivity index is 2.50. The van der Waals surface area contributed by atoms with Crippen LogP contribution >= 0.6 is 0 Å². The van der Waals surface area contributed by atoms with Crippen molar-refractivity contribution in [3.8, 4) is 0 Å². The third-order valence-electron chi connectivity index (χ3n) is 2.37. The number of benzene rings is 1. The zero-order valence-electron chi connectivity index (χ0n) is 9.12. The van der Waals surface area contributed by atoms with Gasteiger partial charge in [0.15, 0.2) is 5.78 Å². The van der Waals surface area contributed by atoms with E-state index in [0.717, 1.165) is 6.42 Å². The van der Waals surface area contributed by atoms with Gasteiger partial charge in [0.1, 0.15) is 0 Å². The average molecular weight is 200 g/mol. The number of carbonyl (C=O) groups is 1. The molecule has 0 N–H and O–H groups in total. The molecule has 0 aliphatic carbocycles. The molecule has 0 unspecified atom stereocenters. The summed E-state index contributed by atoms with van der Waals surface area (Å²) in [5, 5.41) is 0. The van der Waals surface area contributed by atoms with Crippen molar-refractivity contribution in [2.45, 2.75) is 19.8 Å². The summed E-state index contributed by atoms with van der Waals surface area (Å²) in [6.45, 7) is 9.21. The third-order valence-corrected chi connectivity index (χ3v) is 2.37. The summed E-state index contributed by atoms with van der Waals surface area (Å²) in [4.78, 5) is 11.4. The van der Waals surface area contributed by atoms with E-state index < -0.39 is 0 Å². The Morgan fingerprint density at radius 1 is 1.33 bits per heavy atom. The molecule has 0 amide bonds. The van der Waals surface area contributed by atoms with Crippen LogP contribution in [0.25, 0.3) is 0 Å². The first kappa shape index (κ1) is 11.4. The van der Waals surface area contributed by atoms with Gasteiger partial charge >= 0.3 is 0 Å². The molecular formula is C14H16O. The molecule has 0 saturated heterocycles. The van der Waals surface area contributed by atoms with Gasteiger partial charge in [-0.25, -0.2) is 0 Å². The number of ketones is 1. The lowest BCUT2D eigenvalue weighted by molar-refractivity contribution is -0.115. The van der Waals surface area contributed by atoms with E-state index in [4.69, 9.17) is 0 Å². The fraction of sp³-hybridized carbons (Fsp3) is 0.214. The molecule has 1 heteroatoms. The van der Waals surface area contributed by atoms with Gasteiger partial charge in [0.25, 0.3) is 0 Å². The van der Waals surface area contributed by atoms with Crippen LogP contribution in [0.15, 0.2) is 49.1 Å². The Kier molecular flexibility index (Phi) is 4.04. The van der Waals surface area contributed by atoms with E-state index in [-0.39, 0.29) is 5.78 Å². The van der Waals surface area contributed by atoms with Gasteiger partial charge < -0.3 is 0 Å². The molecule has 1 aromatic carbocycles. The van der Waals surface area contributed by atoms with Crippen LogP contribution < -0.4 is 0 Å². The lowest BCUT2D eigenvalue weighted by Crippen LogP contribution is -2.01. The molecule has 0 heterocycles. The molecule has 1 rings (SSSR count). The highest BCUT2D eigenvalue weighted by atomic mass is 16.1. The van der Waals surface area contributed by atoms with Crippen LogP contribution in [0.4, 0.5) is 0 Å². The summed E-state index contributed by atoms with van der Waals surface area (Å²) in [6, 6.07) is 8.23. The van der Waals surface area contributed by atoms with E-state index in [9.17, 15) is 4.79 Å². The number of hydrogen-bond donors (Lipinski definition) is 0. The Bertz CT molecular complexity index is 371. The molecule has 0 aliphatic rings. The van der Waals surface area contributed by atoms with Crippen LogP contribution in [0.1, 0.15) is 17.5 Å². The Hall–Kier alpha value is -1.63. The van der Waals surface area contributed by atoms with Gasteiger partial charge in [-0.2, -0.15) is 0 Å². The first-order valence-electron chi connectivity index (χ1n) is 5.03. The molecule has 0 fully saturated rings. The van der Waals surface area contributed by atoms with Crippen molar-refractivity contribution in [2.75, 3.05) is 0 Å². The summed E-state index contributed by atoms with van der Waals surface area (Å²) in [5.74, 6) is 0.0746. The van der Waals surface area contributed by atoms with Crippen LogP contribution in [0, 0.1) is 6.92 Å². The van der Waals surface area contributed by atoms with Gasteiger partial charge in [0.05, 0.1) is 0 Å². The van der Waals surface area contributed by atoms with Crippen LogP contribution in [-0.2, 0) is 11.2 Å². The highest BCUT2D eigenvalue weighted by Gasteiger charge is 2.03. The summed E-state index contributed by atoms with van der Waals surface area (Å²) < 4.78 is 0. The first-order chi connectivity index (χ1) is 7.13. The lowest BCUT2D eigenvalue weighted by atomic mass is 10.0. The number of rotatable bonds is 5. The second-order valence-corrected chi connectivity index (χ2v) is 3.64. The average Bonchev–Trinajstić information content (AvgIpc) is 2.26. The smallest absolute Gasteiger partial charge is 0.162 e. The maximum Gasteiger partial charge on any atom is 0.162 e. The molecule has 15 heavy (non-hydrogen) atoms. The van der Waals surface area contributed by atoms with E-state index in [1.807, 2.05) is 0 Å². The fourth-order valence-corrected chi connectivity index (χ4v) is 1.29. The van der Waals surface area contributed by atoms with Gasteiger partial charge in [-0.05, 0) is 18.9 Å². The monoisotopic (exact) mass is 200 g/mol. The Morgan fingerprint density at radius 2 is 1.93 bits per heavy atom. The zero-order chi connectivity index (χ0) is 11.3. The minimum atomic E-state index is 0.0746. The number of aryl methyl sites for hydroxylation is 2. The van der Waals surface area contributed by atoms with Crippen molar-refractivity contribution in [1.29, 1.82) is 0 Å². The Morgan fingerprint density at radius 3 is 2.47 bits per heavy atom. The topological polar surface area (TPSA) is 17.1 Å². The van der Waals surface area contributed by atoms with E-state index in [0.29, 0.717) is 12.0 Å². The molecule has 0 bridgehead atoms. The predicted octanol–water partition coefficient (Wildman–Crippen LogP) is 3.24. The summed E-state index contributed by atoms with van der Waals surface area (Å²) in [6.07, 6.45) is 2.79. The van der Waals surface area contributed by atoms with Crippen molar-refractivity contribution in [3.05, 3.63) is 60.2 Å². The van der Waals surface area contributed by atoms with Crippen molar-refractivity contribution >= 4 is 5.78 Å². The Labute approximate surface area is 91.1 Å². The van der Waals surface area contributed by atoms with Crippen molar-refractivity contribution in [2.24, 2.45) is 0 Å². The number of allylic oxidation sites excluding steroid dienone is 2. The van der Waals surface area contributed by atoms with Gasteiger partial charge in [-0.15, -0.1) is 0 Å². The molecular weight excluding hydrogens is 184 g/mol. The maximum atomic E-state index is 11.4. The van der Waals surface area contributed by atoms with E-state index in [2.05, 4.69) is 44.3 Å². The SMILES string of the molecule is C=CC(=C)C(=O)CCc1ccc(C)cc1. The third kappa shape index (κ3) is 3.55. The van der Waals surface area contributed by atoms with Gasteiger partial charge in [-0.1, -0.05) is 49.1 Å². The fourth-order valence-electron chi connectivity index (χ4n) is 1.29. The second kappa shape index (κ2) is 5.30. The zero-order valence-corrected chi connectivity index (χ0v) is 9.12. The molecule has 0 radical (unpaired) electrons. The van der Waals surface area contributed by atoms with Crippen LogP contribution in [-0.4, -0.2) is 5.78 Å². The molecule has 0 aromatic heterocycles. The first-order valence-corrected chi connectivity index (χ1v) is 5.03. The molecule has 0 atom stereocenters. The molecule has 0 spiro atoms. The summed E-state index contributed by atoms with van der Waals surface area (Å²) in [7, 11) is 0. The minimum Gasteiger partial charge on any atom is -0.294 e. The molecule has 0 aliphatic heterocycles. The second-order valence-electron chi connectivity index (χ2n) is 3.64. The van der Waals surface area contributed by atoms with E-state index >= 15 is 0 Å². The molecule has 1 aromatic rings. The standard InChI is InChI=1S/C14H16O/c1-4-12(3)14(15)10-9-13-7-5-11(2)6-8-13/h4-8H,1,3,9-10H2,2H3. The van der Waals surface area contributed by atoms with Crippen LogP contribution in [0.2, 0.25) is 0 Å². The number of carbonyl (C=O) groups excluding carboxylic acids is 1. The van der Waals surface area contributed by atoms with Crippen molar-refractivity contribution in [1.82, 2.24) is 0 Å². The van der Waals surface area contributed by atoms with Crippen molar-refractivity contribution < 1.29 is 4.79 Å². The van der Waals surface area contributed by atoms with E-state index in [1.54, 1.807) is 0 Å². The van der Waals surface area contributed by atoms with Gasteiger partial charge in [-0.3, -0.25) is 4.79 Å². The van der Waals surface area contributed by atoms with Gasteiger partial charge in [0.2, 0.25) is 0 Å². The van der Waals surface area contributed by atoms with Crippen LogP contribution in [0.3, 0.4) is 0 Å². The largest absolute Gasteiger partial charge is 0.294 e. The van der Waals surface area contributed by atoms with Crippen LogP contribution in [0.5, 0.6) is 0 Å². The van der Waals surface area contributed by atoms with Crippen molar-refractivity contribution in [3.63, 3.8) is 0 Å². The predicted molar refractivity (Wildman–Crippen MR) is 63.8 cm³/mol. The summed E-state index contributed by atoms with van der Waals surface area (Å²) >= 11 is 0. The lowest BCUT2D eigenvalue weighted by Gasteiger charge is -2.01.